The van der Waals surface area contributed by atoms with Crippen molar-refractivity contribution in [3.05, 3.63) is 69.8 Å². The molecule has 0 heterocycles. The molecule has 2 aromatic rings. The van der Waals surface area contributed by atoms with Crippen molar-refractivity contribution in [1.29, 1.82) is 0 Å². The maximum absolute atomic E-state index is 12.9. The second kappa shape index (κ2) is 10.2. The van der Waals surface area contributed by atoms with Gasteiger partial charge in [-0.3, -0.25) is 14.9 Å². The highest BCUT2D eigenvalue weighted by Crippen LogP contribution is 2.20. The minimum atomic E-state index is -1.61. The van der Waals surface area contributed by atoms with E-state index in [4.69, 9.17) is 14.2 Å². The third-order valence-corrected chi connectivity index (χ3v) is 4.20. The molecule has 0 radical (unpaired) electrons. The van der Waals surface area contributed by atoms with Gasteiger partial charge in [-0.25, -0.2) is 9.59 Å². The first-order valence-corrected chi connectivity index (χ1v) is 9.25. The van der Waals surface area contributed by atoms with Crippen LogP contribution in [-0.4, -0.2) is 48.6 Å². The number of nitro groups is 1. The largest absolute Gasteiger partial charge is 0.491 e. The van der Waals surface area contributed by atoms with Crippen LogP contribution >= 0.6 is 0 Å². The van der Waals surface area contributed by atoms with Crippen LogP contribution in [-0.2, 0) is 14.3 Å². The highest BCUT2D eigenvalue weighted by Gasteiger charge is 2.38. The van der Waals surface area contributed by atoms with Crippen LogP contribution in [0.3, 0.4) is 0 Å². The molecule has 1 atom stereocenters. The SMILES string of the molecule is CCOC(=O)c1cc(C(=O)NC(C)(COc2ccccc2)C(=O)OC)cc([N+](=O)[O-])c1. The topological polar surface area (TPSA) is 134 Å². The van der Waals surface area contributed by atoms with Crippen molar-refractivity contribution in [2.24, 2.45) is 0 Å². The van der Waals surface area contributed by atoms with Crippen molar-refractivity contribution < 1.29 is 33.5 Å². The maximum Gasteiger partial charge on any atom is 0.338 e. The fourth-order valence-electron chi connectivity index (χ4n) is 2.62. The normalized spacial score (nSPS) is 12.2. The first-order valence-electron chi connectivity index (χ1n) is 9.25. The number of para-hydroxylation sites is 1. The number of esters is 2. The van der Waals surface area contributed by atoms with Gasteiger partial charge >= 0.3 is 11.9 Å². The summed E-state index contributed by atoms with van der Waals surface area (Å²) in [5.41, 5.74) is -2.46. The molecule has 2 rings (SSSR count). The van der Waals surface area contributed by atoms with Crippen molar-refractivity contribution in [1.82, 2.24) is 5.32 Å². The number of benzene rings is 2. The van der Waals surface area contributed by atoms with Gasteiger partial charge in [-0.15, -0.1) is 0 Å². The van der Waals surface area contributed by atoms with Gasteiger partial charge in [0.2, 0.25) is 0 Å². The lowest BCUT2D eigenvalue weighted by molar-refractivity contribution is -0.384. The lowest BCUT2D eigenvalue weighted by Gasteiger charge is -2.28. The van der Waals surface area contributed by atoms with Crippen LogP contribution in [0.4, 0.5) is 5.69 Å². The van der Waals surface area contributed by atoms with Gasteiger partial charge in [0.05, 0.1) is 24.2 Å². The summed E-state index contributed by atoms with van der Waals surface area (Å²) in [5.74, 6) is -1.97. The Bertz CT molecular complexity index is 977. The molecule has 0 spiro atoms. The van der Waals surface area contributed by atoms with E-state index in [9.17, 15) is 24.5 Å². The first kappa shape index (κ1) is 23.3. The molecule has 1 N–H and O–H groups in total. The highest BCUT2D eigenvalue weighted by atomic mass is 16.6. The molecule has 31 heavy (non-hydrogen) atoms. The van der Waals surface area contributed by atoms with Gasteiger partial charge in [0.1, 0.15) is 12.4 Å². The number of hydrogen-bond donors (Lipinski definition) is 1. The molecule has 0 aliphatic heterocycles. The number of carbonyl (C=O) groups is 3. The number of methoxy groups -OCH3 is 1. The summed E-state index contributed by atoms with van der Waals surface area (Å²) in [6.07, 6.45) is 0. The molecule has 0 saturated carbocycles. The molecule has 2 aromatic carbocycles. The molecular weight excluding hydrogens is 408 g/mol. The van der Waals surface area contributed by atoms with E-state index in [1.807, 2.05) is 0 Å². The molecule has 1 unspecified atom stereocenters. The van der Waals surface area contributed by atoms with Gasteiger partial charge < -0.3 is 19.5 Å². The Balaban J connectivity index is 2.32. The Morgan fingerprint density at radius 2 is 1.74 bits per heavy atom. The predicted molar refractivity (Wildman–Crippen MR) is 109 cm³/mol. The number of rotatable bonds is 9. The van der Waals surface area contributed by atoms with E-state index in [-0.39, 0.29) is 24.3 Å². The Morgan fingerprint density at radius 1 is 1.10 bits per heavy atom. The van der Waals surface area contributed by atoms with E-state index in [1.54, 1.807) is 37.3 Å². The number of nitrogens with zero attached hydrogens (tertiary/aromatic N) is 1. The smallest absolute Gasteiger partial charge is 0.338 e. The van der Waals surface area contributed by atoms with Crippen LogP contribution < -0.4 is 10.1 Å². The molecule has 1 amide bonds. The Hall–Kier alpha value is -3.95. The van der Waals surface area contributed by atoms with Crippen LogP contribution in [0.5, 0.6) is 5.75 Å². The number of nitrogens with one attached hydrogen (secondary N) is 1. The van der Waals surface area contributed by atoms with Crippen molar-refractivity contribution in [2.75, 3.05) is 20.3 Å². The summed E-state index contributed by atoms with van der Waals surface area (Å²) in [5, 5.41) is 13.7. The Kier molecular flexibility index (Phi) is 7.67. The van der Waals surface area contributed by atoms with Crippen molar-refractivity contribution in [3.63, 3.8) is 0 Å². The number of hydrogen-bond acceptors (Lipinski definition) is 8. The summed E-state index contributed by atoms with van der Waals surface area (Å²) in [6, 6.07) is 11.8. The molecule has 0 saturated heterocycles. The van der Waals surface area contributed by atoms with E-state index in [1.165, 1.54) is 6.92 Å². The van der Waals surface area contributed by atoms with Gasteiger partial charge in [-0.2, -0.15) is 0 Å². The predicted octanol–water partition coefficient (Wildman–Crippen LogP) is 2.51. The van der Waals surface area contributed by atoms with Gasteiger partial charge in [-0.05, 0) is 32.0 Å². The minimum absolute atomic E-state index is 0.0558. The summed E-state index contributed by atoms with van der Waals surface area (Å²) in [6.45, 7) is 2.76. The van der Waals surface area contributed by atoms with Crippen LogP contribution in [0, 0.1) is 10.1 Å². The summed E-state index contributed by atoms with van der Waals surface area (Å²) >= 11 is 0. The molecule has 0 fully saturated rings. The number of carbonyl (C=O) groups excluding carboxylic acids is 3. The zero-order chi connectivity index (χ0) is 23.0. The van der Waals surface area contributed by atoms with E-state index in [0.717, 1.165) is 25.3 Å². The summed E-state index contributed by atoms with van der Waals surface area (Å²) in [7, 11) is 1.15. The van der Waals surface area contributed by atoms with Crippen LogP contribution in [0.1, 0.15) is 34.6 Å². The van der Waals surface area contributed by atoms with Crippen molar-refractivity contribution >= 4 is 23.5 Å². The molecule has 0 aliphatic carbocycles. The zero-order valence-electron chi connectivity index (χ0n) is 17.2. The molecule has 10 heteroatoms. The van der Waals surface area contributed by atoms with Gasteiger partial charge in [0.15, 0.2) is 5.54 Å². The van der Waals surface area contributed by atoms with E-state index < -0.39 is 34.0 Å². The molecule has 0 aliphatic rings. The maximum atomic E-state index is 12.9. The third-order valence-electron chi connectivity index (χ3n) is 4.20. The van der Waals surface area contributed by atoms with E-state index in [0.29, 0.717) is 5.75 Å². The second-order valence-corrected chi connectivity index (χ2v) is 6.63. The van der Waals surface area contributed by atoms with E-state index >= 15 is 0 Å². The Morgan fingerprint density at radius 3 is 2.32 bits per heavy atom. The molecule has 0 bridgehead atoms. The fraction of sp³-hybridized carbons (Fsp3) is 0.286. The molecule has 0 aromatic heterocycles. The third kappa shape index (κ3) is 6.01. The lowest BCUT2D eigenvalue weighted by Crippen LogP contribution is -2.56. The second-order valence-electron chi connectivity index (χ2n) is 6.63. The Labute approximate surface area is 178 Å². The molecule has 10 nitrogen and oxygen atoms in total. The molecular formula is C21H22N2O8. The van der Waals surface area contributed by atoms with Gasteiger partial charge in [-0.1, -0.05) is 18.2 Å². The number of non-ortho nitro benzene ring substituents is 1. The van der Waals surface area contributed by atoms with Crippen LogP contribution in [0.25, 0.3) is 0 Å². The number of nitro benzene ring substituents is 1. The zero-order valence-corrected chi connectivity index (χ0v) is 17.2. The van der Waals surface area contributed by atoms with Crippen LogP contribution in [0.2, 0.25) is 0 Å². The average Bonchev–Trinajstić information content (AvgIpc) is 2.77. The van der Waals surface area contributed by atoms with Crippen molar-refractivity contribution in [3.8, 4) is 5.75 Å². The van der Waals surface area contributed by atoms with Gasteiger partial charge in [0.25, 0.3) is 11.6 Å². The standard InChI is InChI=1S/C21H22N2O8/c1-4-30-19(25)15-10-14(11-16(12-15)23(27)28)18(24)22-21(2,20(26)29-3)13-31-17-8-6-5-7-9-17/h5-12H,4,13H2,1-3H3,(H,22,24). The number of amides is 1. The van der Waals surface area contributed by atoms with Crippen LogP contribution in [0.15, 0.2) is 48.5 Å². The first-order chi connectivity index (χ1) is 14.7. The van der Waals surface area contributed by atoms with Gasteiger partial charge in [0, 0.05) is 17.7 Å². The minimum Gasteiger partial charge on any atom is -0.491 e. The summed E-state index contributed by atoms with van der Waals surface area (Å²) < 4.78 is 15.2. The monoisotopic (exact) mass is 430 g/mol. The summed E-state index contributed by atoms with van der Waals surface area (Å²) in [4.78, 5) is 47.7. The fourth-order valence-corrected chi connectivity index (χ4v) is 2.62. The lowest BCUT2D eigenvalue weighted by atomic mass is 10.0. The average molecular weight is 430 g/mol. The molecule has 164 valence electrons. The quantitative estimate of drug-likeness (QED) is 0.364. The highest BCUT2D eigenvalue weighted by molar-refractivity contribution is 6.01. The number of ether oxygens (including phenoxy) is 3. The van der Waals surface area contributed by atoms with Crippen molar-refractivity contribution in [2.45, 2.75) is 19.4 Å². The van der Waals surface area contributed by atoms with E-state index in [2.05, 4.69) is 5.32 Å².